The average Bonchev–Trinajstić information content (AvgIpc) is 2.84. The van der Waals surface area contributed by atoms with Crippen LogP contribution in [0.5, 0.6) is 5.75 Å². The van der Waals surface area contributed by atoms with E-state index in [2.05, 4.69) is 5.10 Å². The molecule has 0 fully saturated rings. The maximum atomic E-state index is 13.3. The minimum Gasteiger partial charge on any atom is -0.488 e. The van der Waals surface area contributed by atoms with Gasteiger partial charge in [-0.25, -0.2) is 4.39 Å². The van der Waals surface area contributed by atoms with Gasteiger partial charge in [-0.1, -0.05) is 6.07 Å². The summed E-state index contributed by atoms with van der Waals surface area (Å²) in [4.78, 5) is 0. The number of aromatic nitrogens is 2. The van der Waals surface area contributed by atoms with Gasteiger partial charge in [0, 0.05) is 36.0 Å². The monoisotopic (exact) mass is 263 g/mol. The number of benzene rings is 1. The number of hydrogen-bond donors (Lipinski definition) is 1. The third kappa shape index (κ3) is 3.32. The van der Waals surface area contributed by atoms with E-state index in [0.717, 1.165) is 17.7 Å². The third-order valence-corrected chi connectivity index (χ3v) is 2.87. The van der Waals surface area contributed by atoms with Crippen LogP contribution >= 0.6 is 0 Å². The fraction of sp³-hybridized carbons (Fsp3) is 0.357. The molecule has 5 heteroatoms. The van der Waals surface area contributed by atoms with Crippen molar-refractivity contribution in [2.75, 3.05) is 0 Å². The summed E-state index contributed by atoms with van der Waals surface area (Å²) in [5.41, 5.74) is 7.58. The van der Waals surface area contributed by atoms with E-state index < -0.39 is 0 Å². The van der Waals surface area contributed by atoms with Crippen LogP contribution in [0.15, 0.2) is 30.6 Å². The molecule has 1 heterocycles. The molecule has 0 radical (unpaired) electrons. The van der Waals surface area contributed by atoms with Crippen molar-refractivity contribution in [1.29, 1.82) is 0 Å². The van der Waals surface area contributed by atoms with Crippen LogP contribution < -0.4 is 10.5 Å². The lowest BCUT2D eigenvalue weighted by molar-refractivity contribution is 0.299. The number of ether oxygens (including phenoxy) is 1. The Morgan fingerprint density at radius 1 is 1.47 bits per heavy atom. The molecule has 0 amide bonds. The summed E-state index contributed by atoms with van der Waals surface area (Å²) in [7, 11) is 0. The highest BCUT2D eigenvalue weighted by Gasteiger charge is 2.10. The lowest BCUT2D eigenvalue weighted by Crippen LogP contribution is -2.08. The minimum atomic E-state index is -0.330. The van der Waals surface area contributed by atoms with Gasteiger partial charge in [-0.05, 0) is 19.9 Å². The number of aryl methyl sites for hydroxylation is 1. The predicted molar refractivity (Wildman–Crippen MR) is 71.2 cm³/mol. The Kier molecular flexibility index (Phi) is 4.16. The lowest BCUT2D eigenvalue weighted by Gasteiger charge is -2.13. The first kappa shape index (κ1) is 13.5. The normalized spacial score (nSPS) is 12.4. The third-order valence-electron chi connectivity index (χ3n) is 2.87. The number of hydrogen-bond acceptors (Lipinski definition) is 3. The number of nitrogens with two attached hydrogens (primary N) is 1. The van der Waals surface area contributed by atoms with Crippen LogP contribution in [0.1, 0.15) is 31.0 Å². The zero-order valence-electron chi connectivity index (χ0n) is 11.1. The second-order valence-electron chi connectivity index (χ2n) is 4.46. The molecule has 2 aromatic rings. The molecule has 0 saturated heterocycles. The van der Waals surface area contributed by atoms with Crippen molar-refractivity contribution in [3.8, 4) is 5.75 Å². The molecule has 102 valence electrons. The lowest BCUT2D eigenvalue weighted by atomic mass is 10.1. The van der Waals surface area contributed by atoms with Gasteiger partial charge in [0.25, 0.3) is 0 Å². The first-order valence-corrected chi connectivity index (χ1v) is 6.29. The zero-order valence-corrected chi connectivity index (χ0v) is 11.1. The topological polar surface area (TPSA) is 53.1 Å². The molecule has 0 aliphatic rings. The van der Waals surface area contributed by atoms with Gasteiger partial charge in [-0.2, -0.15) is 5.10 Å². The summed E-state index contributed by atoms with van der Waals surface area (Å²) in [6.45, 7) is 5.02. The van der Waals surface area contributed by atoms with Gasteiger partial charge < -0.3 is 10.5 Å². The zero-order chi connectivity index (χ0) is 13.8. The Balaban J connectivity index is 2.12. The van der Waals surface area contributed by atoms with E-state index in [1.807, 2.05) is 24.7 Å². The standard InChI is InChI=1S/C14H18FN3O/c1-3-18-8-11(7-17-18)9-19-14-6-12(15)4-5-13(14)10(2)16/h4-8,10H,3,9,16H2,1-2H3/t10-/m1/s1. The molecule has 2 rings (SSSR count). The fourth-order valence-corrected chi connectivity index (χ4v) is 1.82. The van der Waals surface area contributed by atoms with E-state index in [1.54, 1.807) is 12.3 Å². The van der Waals surface area contributed by atoms with E-state index in [0.29, 0.717) is 12.4 Å². The average molecular weight is 263 g/mol. The summed E-state index contributed by atoms with van der Waals surface area (Å²) < 4.78 is 20.7. The molecule has 0 bridgehead atoms. The molecule has 4 nitrogen and oxygen atoms in total. The molecule has 0 spiro atoms. The highest BCUT2D eigenvalue weighted by molar-refractivity contribution is 5.36. The van der Waals surface area contributed by atoms with E-state index in [4.69, 9.17) is 10.5 Å². The quantitative estimate of drug-likeness (QED) is 0.902. The Morgan fingerprint density at radius 2 is 2.26 bits per heavy atom. The van der Waals surface area contributed by atoms with Gasteiger partial charge in [-0.3, -0.25) is 4.68 Å². The number of rotatable bonds is 5. The van der Waals surface area contributed by atoms with E-state index in [-0.39, 0.29) is 11.9 Å². The highest BCUT2D eigenvalue weighted by Crippen LogP contribution is 2.25. The molecule has 0 aliphatic carbocycles. The van der Waals surface area contributed by atoms with Crippen molar-refractivity contribution < 1.29 is 9.13 Å². The Labute approximate surface area is 112 Å². The SMILES string of the molecule is CCn1cc(COc2cc(F)ccc2[C@@H](C)N)cn1. The van der Waals surface area contributed by atoms with Crippen LogP contribution in [0.3, 0.4) is 0 Å². The molecule has 1 aromatic heterocycles. The smallest absolute Gasteiger partial charge is 0.127 e. The second-order valence-corrected chi connectivity index (χ2v) is 4.46. The van der Waals surface area contributed by atoms with Crippen molar-refractivity contribution in [1.82, 2.24) is 9.78 Å². The van der Waals surface area contributed by atoms with E-state index in [9.17, 15) is 4.39 Å². The largest absolute Gasteiger partial charge is 0.488 e. The fourth-order valence-electron chi connectivity index (χ4n) is 1.82. The first-order chi connectivity index (χ1) is 9.10. The van der Waals surface area contributed by atoms with Gasteiger partial charge in [0.2, 0.25) is 0 Å². The summed E-state index contributed by atoms with van der Waals surface area (Å²) in [5.74, 6) is 0.155. The first-order valence-electron chi connectivity index (χ1n) is 6.29. The van der Waals surface area contributed by atoms with Crippen LogP contribution in [0.25, 0.3) is 0 Å². The number of halogens is 1. The second kappa shape index (κ2) is 5.84. The Morgan fingerprint density at radius 3 is 2.89 bits per heavy atom. The van der Waals surface area contributed by atoms with Crippen LogP contribution in [0.2, 0.25) is 0 Å². The maximum absolute atomic E-state index is 13.3. The predicted octanol–water partition coefficient (Wildman–Crippen LogP) is 2.64. The van der Waals surface area contributed by atoms with Gasteiger partial charge in [0.05, 0.1) is 6.20 Å². The molecule has 0 unspecified atom stereocenters. The van der Waals surface area contributed by atoms with Gasteiger partial charge in [0.15, 0.2) is 0 Å². The van der Waals surface area contributed by atoms with Crippen molar-refractivity contribution in [3.05, 3.63) is 47.5 Å². The van der Waals surface area contributed by atoms with Gasteiger partial charge in [-0.15, -0.1) is 0 Å². The Hall–Kier alpha value is -1.88. The molecule has 0 aliphatic heterocycles. The molecule has 1 aromatic carbocycles. The van der Waals surface area contributed by atoms with Crippen LogP contribution in [-0.4, -0.2) is 9.78 Å². The Bertz CT molecular complexity index is 551. The minimum absolute atomic E-state index is 0.200. The van der Waals surface area contributed by atoms with Gasteiger partial charge >= 0.3 is 0 Å². The number of nitrogens with zero attached hydrogens (tertiary/aromatic N) is 2. The molecule has 19 heavy (non-hydrogen) atoms. The summed E-state index contributed by atoms with van der Waals surface area (Å²) in [6.07, 6.45) is 3.65. The molecular formula is C14H18FN3O. The molecule has 2 N–H and O–H groups in total. The van der Waals surface area contributed by atoms with E-state index in [1.165, 1.54) is 12.1 Å². The summed E-state index contributed by atoms with van der Waals surface area (Å²) >= 11 is 0. The van der Waals surface area contributed by atoms with E-state index >= 15 is 0 Å². The molecule has 0 saturated carbocycles. The van der Waals surface area contributed by atoms with Crippen molar-refractivity contribution in [2.24, 2.45) is 5.73 Å². The van der Waals surface area contributed by atoms with Crippen LogP contribution in [-0.2, 0) is 13.2 Å². The maximum Gasteiger partial charge on any atom is 0.127 e. The van der Waals surface area contributed by atoms with Crippen molar-refractivity contribution in [3.63, 3.8) is 0 Å². The van der Waals surface area contributed by atoms with Crippen molar-refractivity contribution in [2.45, 2.75) is 33.0 Å². The molecular weight excluding hydrogens is 245 g/mol. The molecule has 1 atom stereocenters. The van der Waals surface area contributed by atoms with Crippen LogP contribution in [0.4, 0.5) is 4.39 Å². The summed E-state index contributed by atoms with van der Waals surface area (Å²) in [6, 6.07) is 4.21. The highest BCUT2D eigenvalue weighted by atomic mass is 19.1. The van der Waals surface area contributed by atoms with Gasteiger partial charge in [0.1, 0.15) is 18.2 Å². The van der Waals surface area contributed by atoms with Crippen molar-refractivity contribution >= 4 is 0 Å². The van der Waals surface area contributed by atoms with Crippen LogP contribution in [0, 0.1) is 5.82 Å². The summed E-state index contributed by atoms with van der Waals surface area (Å²) in [5, 5.41) is 4.16.